The first-order valence-corrected chi connectivity index (χ1v) is 8.03. The number of hydrogen-bond acceptors (Lipinski definition) is 6. The van der Waals surface area contributed by atoms with Crippen LogP contribution in [0.4, 0.5) is 10.5 Å². The molecule has 0 saturated carbocycles. The van der Waals surface area contributed by atoms with Gasteiger partial charge in [0.15, 0.2) is 0 Å². The third-order valence-corrected chi connectivity index (χ3v) is 3.88. The SMILES string of the molecule is C[C@@H]1C(OC(=O)c2ccc([N+](=O)[O-])cc2)CCN1C(=O)OC(C)(C)C. The molecule has 2 atom stereocenters. The Bertz CT molecular complexity index is 665. The maximum absolute atomic E-state index is 12.2. The van der Waals surface area contributed by atoms with Gasteiger partial charge in [-0.05, 0) is 39.8 Å². The maximum atomic E-state index is 12.2. The predicted octanol–water partition coefficient (Wildman–Crippen LogP) is 3.15. The second kappa shape index (κ2) is 7.08. The van der Waals surface area contributed by atoms with Gasteiger partial charge in [0.25, 0.3) is 5.69 Å². The number of benzene rings is 1. The third-order valence-electron chi connectivity index (χ3n) is 3.88. The summed E-state index contributed by atoms with van der Waals surface area (Å²) in [6, 6.07) is 4.90. The Morgan fingerprint density at radius 2 is 1.84 bits per heavy atom. The van der Waals surface area contributed by atoms with Crippen molar-refractivity contribution in [3.05, 3.63) is 39.9 Å². The van der Waals surface area contributed by atoms with Gasteiger partial charge in [0.2, 0.25) is 0 Å². The molecule has 1 aliphatic heterocycles. The van der Waals surface area contributed by atoms with Crippen LogP contribution in [0.3, 0.4) is 0 Å². The van der Waals surface area contributed by atoms with E-state index < -0.39 is 28.7 Å². The topological polar surface area (TPSA) is 99.0 Å². The van der Waals surface area contributed by atoms with Gasteiger partial charge < -0.3 is 14.4 Å². The number of esters is 1. The van der Waals surface area contributed by atoms with Gasteiger partial charge in [-0.1, -0.05) is 0 Å². The smallest absolute Gasteiger partial charge is 0.410 e. The van der Waals surface area contributed by atoms with Crippen molar-refractivity contribution >= 4 is 17.7 Å². The van der Waals surface area contributed by atoms with Gasteiger partial charge in [-0.25, -0.2) is 9.59 Å². The van der Waals surface area contributed by atoms with Gasteiger partial charge in [0.05, 0.1) is 16.5 Å². The van der Waals surface area contributed by atoms with Gasteiger partial charge in [0.1, 0.15) is 11.7 Å². The minimum atomic E-state index is -0.593. The van der Waals surface area contributed by atoms with Crippen molar-refractivity contribution in [2.75, 3.05) is 6.54 Å². The molecule has 8 nitrogen and oxygen atoms in total. The number of rotatable bonds is 3. The highest BCUT2D eigenvalue weighted by Gasteiger charge is 2.38. The van der Waals surface area contributed by atoms with Crippen molar-refractivity contribution < 1.29 is 24.0 Å². The molecule has 1 aromatic rings. The van der Waals surface area contributed by atoms with Crippen molar-refractivity contribution in [2.24, 2.45) is 0 Å². The number of ether oxygens (including phenoxy) is 2. The highest BCUT2D eigenvalue weighted by molar-refractivity contribution is 5.89. The van der Waals surface area contributed by atoms with Crippen LogP contribution in [-0.2, 0) is 9.47 Å². The number of carbonyl (C=O) groups excluding carboxylic acids is 2. The Morgan fingerprint density at radius 3 is 2.36 bits per heavy atom. The van der Waals surface area contributed by atoms with E-state index in [1.807, 2.05) is 0 Å². The zero-order valence-corrected chi connectivity index (χ0v) is 14.7. The largest absolute Gasteiger partial charge is 0.457 e. The molecule has 136 valence electrons. The minimum absolute atomic E-state index is 0.0955. The Kier molecular flexibility index (Phi) is 5.30. The fraction of sp³-hybridized carbons (Fsp3) is 0.529. The summed E-state index contributed by atoms with van der Waals surface area (Å²) >= 11 is 0. The summed E-state index contributed by atoms with van der Waals surface area (Å²) in [4.78, 5) is 36.0. The number of hydrogen-bond donors (Lipinski definition) is 0. The average molecular weight is 350 g/mol. The molecule has 1 saturated heterocycles. The summed E-state index contributed by atoms with van der Waals surface area (Å²) in [6.07, 6.45) is -0.372. The molecule has 0 radical (unpaired) electrons. The van der Waals surface area contributed by atoms with E-state index in [1.165, 1.54) is 24.3 Å². The van der Waals surface area contributed by atoms with E-state index in [0.29, 0.717) is 13.0 Å². The molecule has 0 bridgehead atoms. The molecule has 1 fully saturated rings. The first kappa shape index (κ1) is 18.7. The Balaban J connectivity index is 1.98. The Morgan fingerprint density at radius 1 is 1.24 bits per heavy atom. The molecular formula is C17H22N2O6. The van der Waals surface area contributed by atoms with E-state index in [9.17, 15) is 19.7 Å². The lowest BCUT2D eigenvalue weighted by molar-refractivity contribution is -0.384. The normalized spacial score (nSPS) is 20.2. The molecule has 8 heteroatoms. The lowest BCUT2D eigenvalue weighted by atomic mass is 10.2. The molecular weight excluding hydrogens is 328 g/mol. The molecule has 25 heavy (non-hydrogen) atoms. The van der Waals surface area contributed by atoms with Gasteiger partial charge in [-0.2, -0.15) is 0 Å². The molecule has 2 rings (SSSR count). The van der Waals surface area contributed by atoms with E-state index in [4.69, 9.17) is 9.47 Å². The van der Waals surface area contributed by atoms with Gasteiger partial charge in [0, 0.05) is 25.1 Å². The first-order valence-electron chi connectivity index (χ1n) is 8.03. The molecule has 1 heterocycles. The van der Waals surface area contributed by atoms with Crippen molar-refractivity contribution in [2.45, 2.75) is 51.9 Å². The summed E-state index contributed by atoms with van der Waals surface area (Å²) in [6.45, 7) is 7.60. The third kappa shape index (κ3) is 4.68. The maximum Gasteiger partial charge on any atom is 0.410 e. The van der Waals surface area contributed by atoms with Crippen LogP contribution in [0.5, 0.6) is 0 Å². The fourth-order valence-electron chi connectivity index (χ4n) is 2.57. The number of carbonyl (C=O) groups is 2. The summed E-state index contributed by atoms with van der Waals surface area (Å²) in [5.74, 6) is -0.571. The van der Waals surface area contributed by atoms with Crippen LogP contribution < -0.4 is 0 Å². The van der Waals surface area contributed by atoms with Crippen LogP contribution in [0.15, 0.2) is 24.3 Å². The summed E-state index contributed by atoms with van der Waals surface area (Å²) < 4.78 is 10.8. The van der Waals surface area contributed by atoms with E-state index in [-0.39, 0.29) is 17.3 Å². The van der Waals surface area contributed by atoms with Crippen molar-refractivity contribution in [3.63, 3.8) is 0 Å². The van der Waals surface area contributed by atoms with E-state index in [2.05, 4.69) is 0 Å². The second-order valence-electron chi connectivity index (χ2n) is 6.95. The van der Waals surface area contributed by atoms with Gasteiger partial charge >= 0.3 is 12.1 Å². The molecule has 0 aliphatic carbocycles. The van der Waals surface area contributed by atoms with Crippen LogP contribution in [-0.4, -0.2) is 46.2 Å². The van der Waals surface area contributed by atoms with Crippen LogP contribution in [0.25, 0.3) is 0 Å². The number of likely N-dealkylation sites (tertiary alicyclic amines) is 1. The lowest BCUT2D eigenvalue weighted by Crippen LogP contribution is -2.41. The number of amides is 1. The molecule has 1 aliphatic rings. The number of nitro groups is 1. The summed E-state index contributed by atoms with van der Waals surface area (Å²) in [7, 11) is 0. The van der Waals surface area contributed by atoms with Gasteiger partial charge in [-0.3, -0.25) is 10.1 Å². The molecule has 1 amide bonds. The first-order chi connectivity index (χ1) is 11.6. The average Bonchev–Trinajstić information content (AvgIpc) is 2.87. The molecule has 0 N–H and O–H groups in total. The Labute approximate surface area is 145 Å². The number of nitrogens with zero attached hydrogens (tertiary/aromatic N) is 2. The monoisotopic (exact) mass is 350 g/mol. The zero-order chi connectivity index (χ0) is 18.8. The van der Waals surface area contributed by atoms with E-state index in [1.54, 1.807) is 32.6 Å². The number of non-ortho nitro benzene ring substituents is 1. The zero-order valence-electron chi connectivity index (χ0n) is 14.7. The highest BCUT2D eigenvalue weighted by atomic mass is 16.6. The van der Waals surface area contributed by atoms with Crippen molar-refractivity contribution in [1.29, 1.82) is 0 Å². The van der Waals surface area contributed by atoms with E-state index >= 15 is 0 Å². The Hall–Kier alpha value is -2.64. The van der Waals surface area contributed by atoms with Crippen LogP contribution in [0, 0.1) is 10.1 Å². The molecule has 1 aromatic carbocycles. The molecule has 1 unspecified atom stereocenters. The van der Waals surface area contributed by atoms with Crippen molar-refractivity contribution in [3.8, 4) is 0 Å². The molecule has 0 spiro atoms. The second-order valence-corrected chi connectivity index (χ2v) is 6.95. The molecule has 0 aromatic heterocycles. The predicted molar refractivity (Wildman–Crippen MR) is 89.3 cm³/mol. The summed E-state index contributed by atoms with van der Waals surface area (Å²) in [5.41, 5.74) is -0.458. The van der Waals surface area contributed by atoms with Crippen LogP contribution >= 0.6 is 0 Å². The number of nitro benzene ring substituents is 1. The van der Waals surface area contributed by atoms with Crippen LogP contribution in [0.1, 0.15) is 44.5 Å². The lowest BCUT2D eigenvalue weighted by Gasteiger charge is -2.28. The van der Waals surface area contributed by atoms with Crippen molar-refractivity contribution in [1.82, 2.24) is 4.90 Å². The highest BCUT2D eigenvalue weighted by Crippen LogP contribution is 2.24. The quantitative estimate of drug-likeness (QED) is 0.472. The standard InChI is InChI=1S/C17H22N2O6/c1-11-14(9-10-18(11)16(21)25-17(2,3)4)24-15(20)12-5-7-13(8-6-12)19(22)23/h5-8,11,14H,9-10H2,1-4H3/t11-,14?/m1/s1. The van der Waals surface area contributed by atoms with Crippen LogP contribution in [0.2, 0.25) is 0 Å². The fourth-order valence-corrected chi connectivity index (χ4v) is 2.57. The minimum Gasteiger partial charge on any atom is -0.457 e. The summed E-state index contributed by atoms with van der Waals surface area (Å²) in [5, 5.41) is 10.6. The van der Waals surface area contributed by atoms with Gasteiger partial charge in [-0.15, -0.1) is 0 Å². The van der Waals surface area contributed by atoms with E-state index in [0.717, 1.165) is 0 Å².